The summed E-state index contributed by atoms with van der Waals surface area (Å²) < 4.78 is 4.24. The van der Waals surface area contributed by atoms with Gasteiger partial charge >= 0.3 is 5.97 Å². The SMILES string of the molecule is Cc1ccc(CC(C(=O)O)c2nc(C(C)C)ns2)cc1. The third kappa shape index (κ3) is 3.42. The molecule has 2 aromatic rings. The average Bonchev–Trinajstić information content (AvgIpc) is 2.87. The van der Waals surface area contributed by atoms with Gasteiger partial charge in [0.2, 0.25) is 0 Å². The highest BCUT2D eigenvalue weighted by atomic mass is 32.1. The molecule has 1 aromatic heterocycles. The topological polar surface area (TPSA) is 63.1 Å². The van der Waals surface area contributed by atoms with E-state index in [1.807, 2.05) is 45.0 Å². The van der Waals surface area contributed by atoms with Gasteiger partial charge in [-0.2, -0.15) is 4.37 Å². The lowest BCUT2D eigenvalue weighted by molar-refractivity contribution is -0.138. The first kappa shape index (κ1) is 14.7. The summed E-state index contributed by atoms with van der Waals surface area (Å²) in [6.45, 7) is 6.02. The molecule has 1 aromatic carbocycles. The van der Waals surface area contributed by atoms with Crippen LogP contribution in [-0.2, 0) is 11.2 Å². The number of benzene rings is 1. The van der Waals surface area contributed by atoms with Gasteiger partial charge in [-0.15, -0.1) is 0 Å². The Morgan fingerprint density at radius 3 is 2.45 bits per heavy atom. The fraction of sp³-hybridized carbons (Fsp3) is 0.400. The van der Waals surface area contributed by atoms with Gasteiger partial charge in [-0.1, -0.05) is 43.7 Å². The third-order valence-electron chi connectivity index (χ3n) is 3.13. The fourth-order valence-corrected chi connectivity index (χ4v) is 2.75. The van der Waals surface area contributed by atoms with Crippen LogP contribution in [-0.4, -0.2) is 20.4 Å². The molecule has 0 spiro atoms. The lowest BCUT2D eigenvalue weighted by Gasteiger charge is -2.09. The molecule has 0 fully saturated rings. The molecule has 0 saturated heterocycles. The minimum absolute atomic E-state index is 0.216. The quantitative estimate of drug-likeness (QED) is 0.917. The number of nitrogens with zero attached hydrogens (tertiary/aromatic N) is 2. The Bertz CT molecular complexity index is 590. The molecule has 0 aliphatic carbocycles. The van der Waals surface area contributed by atoms with E-state index in [9.17, 15) is 9.90 Å². The molecule has 0 saturated carbocycles. The molecular formula is C15H18N2O2S. The normalized spacial score (nSPS) is 12.6. The smallest absolute Gasteiger partial charge is 0.313 e. The van der Waals surface area contributed by atoms with Gasteiger partial charge in [0.25, 0.3) is 0 Å². The van der Waals surface area contributed by atoms with E-state index < -0.39 is 11.9 Å². The van der Waals surface area contributed by atoms with E-state index in [1.165, 1.54) is 17.1 Å². The van der Waals surface area contributed by atoms with Crippen LogP contribution in [0.4, 0.5) is 0 Å². The standard InChI is InChI=1S/C15H18N2O2S/c1-9(2)13-16-14(20-17-13)12(15(18)19)8-11-6-4-10(3)5-7-11/h4-7,9,12H,8H2,1-3H3,(H,18,19). The molecule has 1 heterocycles. The summed E-state index contributed by atoms with van der Waals surface area (Å²) in [6, 6.07) is 7.92. The highest BCUT2D eigenvalue weighted by Gasteiger charge is 2.25. The van der Waals surface area contributed by atoms with Crippen molar-refractivity contribution in [1.82, 2.24) is 9.36 Å². The number of aryl methyl sites for hydroxylation is 1. The minimum atomic E-state index is -0.850. The molecule has 0 amide bonds. The molecule has 5 heteroatoms. The number of carboxylic acid groups (broad SMARTS) is 1. The van der Waals surface area contributed by atoms with Crippen LogP contribution < -0.4 is 0 Å². The van der Waals surface area contributed by atoms with Crippen molar-refractivity contribution in [2.24, 2.45) is 0 Å². The lowest BCUT2D eigenvalue weighted by atomic mass is 9.99. The largest absolute Gasteiger partial charge is 0.481 e. The van der Waals surface area contributed by atoms with Crippen molar-refractivity contribution in [3.8, 4) is 0 Å². The first-order valence-electron chi connectivity index (χ1n) is 6.59. The van der Waals surface area contributed by atoms with Gasteiger partial charge in [0.1, 0.15) is 16.7 Å². The Hall–Kier alpha value is -1.75. The van der Waals surface area contributed by atoms with Crippen molar-refractivity contribution in [2.45, 2.75) is 39.0 Å². The zero-order chi connectivity index (χ0) is 14.7. The van der Waals surface area contributed by atoms with E-state index in [0.717, 1.165) is 11.4 Å². The van der Waals surface area contributed by atoms with Crippen LogP contribution in [0.5, 0.6) is 0 Å². The zero-order valence-electron chi connectivity index (χ0n) is 11.8. The number of carboxylic acids is 1. The summed E-state index contributed by atoms with van der Waals surface area (Å²) in [5, 5.41) is 10.0. The minimum Gasteiger partial charge on any atom is -0.481 e. The van der Waals surface area contributed by atoms with Crippen LogP contribution in [0.15, 0.2) is 24.3 Å². The molecule has 0 bridgehead atoms. The predicted octanol–water partition coefficient (Wildman–Crippen LogP) is 3.38. The molecule has 4 nitrogen and oxygen atoms in total. The number of aliphatic carboxylic acids is 1. The highest BCUT2D eigenvalue weighted by Crippen LogP contribution is 2.25. The first-order valence-corrected chi connectivity index (χ1v) is 7.36. The third-order valence-corrected chi connectivity index (χ3v) is 3.97. The molecule has 0 aliphatic heterocycles. The Balaban J connectivity index is 2.22. The zero-order valence-corrected chi connectivity index (χ0v) is 12.6. The van der Waals surface area contributed by atoms with E-state index in [-0.39, 0.29) is 5.92 Å². The predicted molar refractivity (Wildman–Crippen MR) is 79.3 cm³/mol. The van der Waals surface area contributed by atoms with E-state index in [2.05, 4.69) is 9.36 Å². The Morgan fingerprint density at radius 1 is 1.30 bits per heavy atom. The van der Waals surface area contributed by atoms with Crippen molar-refractivity contribution in [1.29, 1.82) is 0 Å². The number of hydrogen-bond acceptors (Lipinski definition) is 4. The highest BCUT2D eigenvalue weighted by molar-refractivity contribution is 7.05. The molecule has 20 heavy (non-hydrogen) atoms. The molecule has 0 aliphatic rings. The summed E-state index contributed by atoms with van der Waals surface area (Å²) in [6.07, 6.45) is 0.447. The van der Waals surface area contributed by atoms with Crippen molar-refractivity contribution in [3.05, 3.63) is 46.2 Å². The number of carbonyl (C=O) groups is 1. The maximum absolute atomic E-state index is 11.5. The second-order valence-electron chi connectivity index (χ2n) is 5.23. The van der Waals surface area contributed by atoms with Gasteiger partial charge in [-0.05, 0) is 30.4 Å². The summed E-state index contributed by atoms with van der Waals surface area (Å²) in [5.74, 6) is -0.534. The number of aromatic nitrogens is 2. The monoisotopic (exact) mass is 290 g/mol. The van der Waals surface area contributed by atoms with Gasteiger partial charge < -0.3 is 5.11 Å². The van der Waals surface area contributed by atoms with Gasteiger partial charge in [0.15, 0.2) is 0 Å². The van der Waals surface area contributed by atoms with Crippen LogP contribution >= 0.6 is 11.5 Å². The molecule has 106 valence electrons. The van der Waals surface area contributed by atoms with Crippen molar-refractivity contribution >= 4 is 17.5 Å². The van der Waals surface area contributed by atoms with Crippen molar-refractivity contribution < 1.29 is 9.90 Å². The maximum atomic E-state index is 11.5. The molecule has 1 atom stereocenters. The molecule has 1 unspecified atom stereocenters. The average molecular weight is 290 g/mol. The van der Waals surface area contributed by atoms with Crippen LogP contribution in [0.25, 0.3) is 0 Å². The number of rotatable bonds is 5. The molecule has 1 N–H and O–H groups in total. The molecular weight excluding hydrogens is 272 g/mol. The Morgan fingerprint density at radius 2 is 1.95 bits per heavy atom. The lowest BCUT2D eigenvalue weighted by Crippen LogP contribution is -2.14. The second-order valence-corrected chi connectivity index (χ2v) is 6.01. The van der Waals surface area contributed by atoms with Crippen LogP contribution in [0.2, 0.25) is 0 Å². The molecule has 0 radical (unpaired) electrons. The van der Waals surface area contributed by atoms with Crippen LogP contribution in [0.3, 0.4) is 0 Å². The van der Waals surface area contributed by atoms with Gasteiger partial charge in [0.05, 0.1) is 0 Å². The molecule has 2 rings (SSSR count). The van der Waals surface area contributed by atoms with E-state index >= 15 is 0 Å². The van der Waals surface area contributed by atoms with Crippen molar-refractivity contribution in [3.63, 3.8) is 0 Å². The van der Waals surface area contributed by atoms with Gasteiger partial charge in [-0.3, -0.25) is 4.79 Å². The fourth-order valence-electron chi connectivity index (χ4n) is 1.86. The first-order chi connectivity index (χ1) is 9.47. The van der Waals surface area contributed by atoms with E-state index in [4.69, 9.17) is 0 Å². The van der Waals surface area contributed by atoms with Gasteiger partial charge in [-0.25, -0.2) is 4.98 Å². The van der Waals surface area contributed by atoms with Crippen LogP contribution in [0, 0.1) is 6.92 Å². The number of hydrogen-bond donors (Lipinski definition) is 1. The van der Waals surface area contributed by atoms with E-state index in [1.54, 1.807) is 0 Å². The van der Waals surface area contributed by atoms with Crippen molar-refractivity contribution in [2.75, 3.05) is 0 Å². The Kier molecular flexibility index (Phi) is 4.49. The summed E-state index contributed by atoms with van der Waals surface area (Å²) in [5.41, 5.74) is 2.17. The summed E-state index contributed by atoms with van der Waals surface area (Å²) in [4.78, 5) is 15.9. The maximum Gasteiger partial charge on any atom is 0.313 e. The van der Waals surface area contributed by atoms with Crippen LogP contribution in [0.1, 0.15) is 47.6 Å². The summed E-state index contributed by atoms with van der Waals surface area (Å²) >= 11 is 1.19. The van der Waals surface area contributed by atoms with E-state index in [0.29, 0.717) is 11.4 Å². The summed E-state index contributed by atoms with van der Waals surface area (Å²) in [7, 11) is 0. The second kappa shape index (κ2) is 6.13. The Labute approximate surface area is 122 Å². The van der Waals surface area contributed by atoms with Gasteiger partial charge in [0, 0.05) is 5.92 Å².